The average molecular weight is 255 g/mol. The van der Waals surface area contributed by atoms with E-state index in [2.05, 4.69) is 46.5 Å². The van der Waals surface area contributed by atoms with Gasteiger partial charge in [-0.15, -0.1) is 0 Å². The van der Waals surface area contributed by atoms with Gasteiger partial charge in [-0.3, -0.25) is 9.88 Å². The first-order valence-corrected chi connectivity index (χ1v) is 7.07. The predicted molar refractivity (Wildman–Crippen MR) is 79.1 cm³/mol. The van der Waals surface area contributed by atoms with Crippen molar-refractivity contribution in [2.24, 2.45) is 0 Å². The number of nitrogens with one attached hydrogen (secondary N) is 1. The molecule has 19 heavy (non-hydrogen) atoms. The summed E-state index contributed by atoms with van der Waals surface area (Å²) in [6.45, 7) is 3.30. The molecule has 3 rings (SSSR count). The maximum Gasteiger partial charge on any atom is 0.0702 e. The molecule has 0 amide bonds. The van der Waals surface area contributed by atoms with E-state index in [4.69, 9.17) is 0 Å². The van der Waals surface area contributed by atoms with Gasteiger partial charge in [-0.05, 0) is 50.2 Å². The highest BCUT2D eigenvalue weighted by atomic mass is 15.2. The topological polar surface area (TPSA) is 28.2 Å². The smallest absolute Gasteiger partial charge is 0.0702 e. The Balaban J connectivity index is 1.73. The molecule has 3 heteroatoms. The predicted octanol–water partition coefficient (Wildman–Crippen LogP) is 2.42. The SMILES string of the molecule is CN(Cc1ccc2ncccc2c1)C1CCCNC1. The zero-order valence-electron chi connectivity index (χ0n) is 11.5. The number of hydrogen-bond donors (Lipinski definition) is 1. The third kappa shape index (κ3) is 2.94. The molecule has 1 aliphatic rings. The molecule has 1 aliphatic heterocycles. The average Bonchev–Trinajstić information content (AvgIpc) is 2.48. The lowest BCUT2D eigenvalue weighted by atomic mass is 10.0. The molecule has 1 aromatic carbocycles. The fourth-order valence-electron chi connectivity index (χ4n) is 2.85. The van der Waals surface area contributed by atoms with Crippen LogP contribution in [0.1, 0.15) is 18.4 Å². The minimum absolute atomic E-state index is 0.665. The molecule has 1 fully saturated rings. The number of likely N-dealkylation sites (N-methyl/N-ethyl adjacent to an activating group) is 1. The van der Waals surface area contributed by atoms with Gasteiger partial charge in [0.15, 0.2) is 0 Å². The van der Waals surface area contributed by atoms with Gasteiger partial charge < -0.3 is 5.32 Å². The largest absolute Gasteiger partial charge is 0.315 e. The van der Waals surface area contributed by atoms with E-state index >= 15 is 0 Å². The van der Waals surface area contributed by atoms with Crippen molar-refractivity contribution < 1.29 is 0 Å². The number of hydrogen-bond acceptors (Lipinski definition) is 3. The van der Waals surface area contributed by atoms with E-state index in [1.54, 1.807) is 0 Å². The summed E-state index contributed by atoms with van der Waals surface area (Å²) in [4.78, 5) is 6.83. The molecule has 1 aromatic heterocycles. The number of fused-ring (bicyclic) bond motifs is 1. The normalized spacial score (nSPS) is 20.0. The number of benzene rings is 1. The first kappa shape index (κ1) is 12.6. The second-order valence-electron chi connectivity index (χ2n) is 5.45. The molecule has 2 aromatic rings. The van der Waals surface area contributed by atoms with E-state index in [1.807, 2.05) is 12.3 Å². The molecule has 0 bridgehead atoms. The van der Waals surface area contributed by atoms with E-state index in [0.717, 1.165) is 18.6 Å². The second-order valence-corrected chi connectivity index (χ2v) is 5.45. The van der Waals surface area contributed by atoms with E-state index in [9.17, 15) is 0 Å². The summed E-state index contributed by atoms with van der Waals surface area (Å²) in [5.41, 5.74) is 2.45. The molecule has 1 atom stereocenters. The zero-order valence-corrected chi connectivity index (χ0v) is 11.5. The Morgan fingerprint density at radius 1 is 1.37 bits per heavy atom. The molecule has 0 saturated carbocycles. The van der Waals surface area contributed by atoms with E-state index in [-0.39, 0.29) is 0 Å². The molecule has 2 heterocycles. The van der Waals surface area contributed by atoms with Crippen molar-refractivity contribution in [3.63, 3.8) is 0 Å². The highest BCUT2D eigenvalue weighted by molar-refractivity contribution is 5.78. The lowest BCUT2D eigenvalue weighted by molar-refractivity contribution is 0.196. The lowest BCUT2D eigenvalue weighted by Crippen LogP contribution is -2.43. The summed E-state index contributed by atoms with van der Waals surface area (Å²) in [6.07, 6.45) is 4.44. The molecule has 1 N–H and O–H groups in total. The van der Waals surface area contributed by atoms with Crippen molar-refractivity contribution in [3.05, 3.63) is 42.1 Å². The molecule has 100 valence electrons. The maximum atomic E-state index is 4.37. The number of nitrogens with zero attached hydrogens (tertiary/aromatic N) is 2. The van der Waals surface area contributed by atoms with Crippen LogP contribution in [-0.2, 0) is 6.54 Å². The van der Waals surface area contributed by atoms with Crippen LogP contribution < -0.4 is 5.32 Å². The number of pyridine rings is 1. The second kappa shape index (κ2) is 5.68. The molecular weight excluding hydrogens is 234 g/mol. The van der Waals surface area contributed by atoms with Gasteiger partial charge in [-0.2, -0.15) is 0 Å². The van der Waals surface area contributed by atoms with Crippen LogP contribution in [0.15, 0.2) is 36.5 Å². The molecule has 0 aliphatic carbocycles. The third-order valence-corrected chi connectivity index (χ3v) is 3.99. The van der Waals surface area contributed by atoms with Gasteiger partial charge in [0.1, 0.15) is 0 Å². The molecule has 0 radical (unpaired) electrons. The summed E-state index contributed by atoms with van der Waals surface area (Å²) in [7, 11) is 2.23. The summed E-state index contributed by atoms with van der Waals surface area (Å²) >= 11 is 0. The number of aromatic nitrogens is 1. The van der Waals surface area contributed by atoms with Crippen molar-refractivity contribution in [1.82, 2.24) is 15.2 Å². The van der Waals surface area contributed by atoms with E-state index in [1.165, 1.54) is 30.3 Å². The minimum atomic E-state index is 0.665. The highest BCUT2D eigenvalue weighted by Crippen LogP contribution is 2.17. The van der Waals surface area contributed by atoms with Gasteiger partial charge >= 0.3 is 0 Å². The maximum absolute atomic E-state index is 4.37. The highest BCUT2D eigenvalue weighted by Gasteiger charge is 2.17. The van der Waals surface area contributed by atoms with Crippen LogP contribution in [0, 0.1) is 0 Å². The summed E-state index contributed by atoms with van der Waals surface area (Å²) in [6, 6.07) is 11.4. The van der Waals surface area contributed by atoms with Crippen LogP contribution in [0.4, 0.5) is 0 Å². The fraction of sp³-hybridized carbons (Fsp3) is 0.438. The van der Waals surface area contributed by atoms with Crippen molar-refractivity contribution in [3.8, 4) is 0 Å². The summed E-state index contributed by atoms with van der Waals surface area (Å²) in [5, 5.41) is 4.71. The monoisotopic (exact) mass is 255 g/mol. The van der Waals surface area contributed by atoms with Crippen molar-refractivity contribution in [2.75, 3.05) is 20.1 Å². The molecule has 0 spiro atoms. The van der Waals surface area contributed by atoms with Crippen LogP contribution in [0.5, 0.6) is 0 Å². The Hall–Kier alpha value is -1.45. The Kier molecular flexibility index (Phi) is 3.76. The third-order valence-electron chi connectivity index (χ3n) is 3.99. The minimum Gasteiger partial charge on any atom is -0.315 e. The molecule has 3 nitrogen and oxygen atoms in total. The van der Waals surface area contributed by atoms with Gasteiger partial charge in [0.2, 0.25) is 0 Å². The van der Waals surface area contributed by atoms with E-state index in [0.29, 0.717) is 6.04 Å². The molecular formula is C16H21N3. The number of rotatable bonds is 3. The van der Waals surface area contributed by atoms with Crippen LogP contribution in [-0.4, -0.2) is 36.1 Å². The summed E-state index contributed by atoms with van der Waals surface area (Å²) in [5.74, 6) is 0. The lowest BCUT2D eigenvalue weighted by Gasteiger charge is -2.31. The van der Waals surface area contributed by atoms with Gasteiger partial charge in [-0.1, -0.05) is 12.1 Å². The van der Waals surface area contributed by atoms with Crippen molar-refractivity contribution in [2.45, 2.75) is 25.4 Å². The fourth-order valence-corrected chi connectivity index (χ4v) is 2.85. The van der Waals surface area contributed by atoms with Gasteiger partial charge in [-0.25, -0.2) is 0 Å². The van der Waals surface area contributed by atoms with Crippen molar-refractivity contribution >= 4 is 10.9 Å². The first-order valence-electron chi connectivity index (χ1n) is 7.07. The van der Waals surface area contributed by atoms with E-state index < -0.39 is 0 Å². The Bertz CT molecular complexity index is 546. The molecule has 1 saturated heterocycles. The molecule has 1 unspecified atom stereocenters. The van der Waals surface area contributed by atoms with Crippen LogP contribution >= 0.6 is 0 Å². The Labute approximate surface area is 114 Å². The summed E-state index contributed by atoms with van der Waals surface area (Å²) < 4.78 is 0. The van der Waals surface area contributed by atoms with Crippen molar-refractivity contribution in [1.29, 1.82) is 0 Å². The van der Waals surface area contributed by atoms with Gasteiger partial charge in [0.25, 0.3) is 0 Å². The Morgan fingerprint density at radius 2 is 2.32 bits per heavy atom. The zero-order chi connectivity index (χ0) is 13.1. The quantitative estimate of drug-likeness (QED) is 0.913. The van der Waals surface area contributed by atoms with Gasteiger partial charge in [0.05, 0.1) is 5.52 Å². The number of piperidine rings is 1. The van der Waals surface area contributed by atoms with Crippen LogP contribution in [0.3, 0.4) is 0 Å². The van der Waals surface area contributed by atoms with Gasteiger partial charge in [0, 0.05) is 30.7 Å². The van der Waals surface area contributed by atoms with Crippen LogP contribution in [0.25, 0.3) is 10.9 Å². The van der Waals surface area contributed by atoms with Crippen LogP contribution in [0.2, 0.25) is 0 Å². The first-order chi connectivity index (χ1) is 9.33. The Morgan fingerprint density at radius 3 is 3.16 bits per heavy atom. The standard InChI is InChI=1S/C16H21N3/c1-19(15-5-3-8-17-11-15)12-13-6-7-16-14(10-13)4-2-9-18-16/h2,4,6-7,9-10,15,17H,3,5,8,11-12H2,1H3.